The maximum atomic E-state index is 13.7. The number of carbonyl (C=O) groups is 3. The molecular weight excluding hydrogens is 605 g/mol. The van der Waals surface area contributed by atoms with Gasteiger partial charge in [-0.1, -0.05) is 17.7 Å². The van der Waals surface area contributed by atoms with Crippen molar-refractivity contribution in [2.45, 2.75) is 39.5 Å². The van der Waals surface area contributed by atoms with Gasteiger partial charge < -0.3 is 24.8 Å². The lowest BCUT2D eigenvalue weighted by Crippen LogP contribution is -2.30. The van der Waals surface area contributed by atoms with Crippen LogP contribution in [0.15, 0.2) is 48.8 Å². The second-order valence-corrected chi connectivity index (χ2v) is 10.8. The van der Waals surface area contributed by atoms with Crippen LogP contribution in [-0.4, -0.2) is 72.2 Å². The normalized spacial score (nSPS) is 12.8. The third-order valence-electron chi connectivity index (χ3n) is 6.86. The number of anilines is 3. The summed E-state index contributed by atoms with van der Waals surface area (Å²) in [6.07, 6.45) is 6.94. The summed E-state index contributed by atoms with van der Waals surface area (Å²) in [5.41, 5.74) is 1.53. The van der Waals surface area contributed by atoms with Gasteiger partial charge in [0.15, 0.2) is 0 Å². The van der Waals surface area contributed by atoms with Crippen molar-refractivity contribution in [1.82, 2.24) is 14.9 Å². The minimum Gasteiger partial charge on any atom is -0.491 e. The monoisotopic (exact) mass is 641 g/mol. The SMILES string of the molecule is CCOC(=O)CCN(C/C=C/C(=O)Nc1cc2c(Nc3ccc(F)c(Cl)c3)ncnc2cc1OCC1CC1)CCC(=O)OCC. The molecule has 0 spiro atoms. The van der Waals surface area contributed by atoms with E-state index in [2.05, 4.69) is 20.6 Å². The number of nitrogens with zero attached hydrogens (tertiary/aromatic N) is 3. The van der Waals surface area contributed by atoms with Crippen molar-refractivity contribution in [3.05, 3.63) is 59.7 Å². The summed E-state index contributed by atoms with van der Waals surface area (Å²) in [6.45, 7) is 5.58. The van der Waals surface area contributed by atoms with Gasteiger partial charge in [-0.2, -0.15) is 0 Å². The van der Waals surface area contributed by atoms with Crippen molar-refractivity contribution in [1.29, 1.82) is 0 Å². The summed E-state index contributed by atoms with van der Waals surface area (Å²) in [5, 5.41) is 6.59. The van der Waals surface area contributed by atoms with Gasteiger partial charge in [0.25, 0.3) is 0 Å². The van der Waals surface area contributed by atoms with Crippen LogP contribution < -0.4 is 15.4 Å². The number of carbonyl (C=O) groups excluding carboxylic acids is 3. The van der Waals surface area contributed by atoms with E-state index in [9.17, 15) is 18.8 Å². The Bertz CT molecular complexity index is 1510. The minimum absolute atomic E-state index is 0.0331. The Kier molecular flexibility index (Phi) is 12.5. The predicted molar refractivity (Wildman–Crippen MR) is 169 cm³/mol. The Balaban J connectivity index is 1.49. The molecule has 0 bridgehead atoms. The molecule has 1 aliphatic carbocycles. The average Bonchev–Trinajstić information content (AvgIpc) is 3.84. The van der Waals surface area contributed by atoms with Crippen LogP contribution in [0, 0.1) is 11.7 Å². The summed E-state index contributed by atoms with van der Waals surface area (Å²) in [6, 6.07) is 7.72. The highest BCUT2D eigenvalue weighted by atomic mass is 35.5. The second-order valence-electron chi connectivity index (χ2n) is 10.4. The van der Waals surface area contributed by atoms with E-state index >= 15 is 0 Å². The number of rotatable bonds is 17. The van der Waals surface area contributed by atoms with Crippen LogP contribution in [0.1, 0.15) is 39.5 Å². The molecule has 3 aromatic rings. The van der Waals surface area contributed by atoms with Crippen LogP contribution in [-0.2, 0) is 23.9 Å². The van der Waals surface area contributed by atoms with Crippen molar-refractivity contribution in [2.75, 3.05) is 50.1 Å². The number of aromatic nitrogens is 2. The quantitative estimate of drug-likeness (QED) is 0.141. The molecule has 1 heterocycles. The number of halogens is 2. The van der Waals surface area contributed by atoms with Gasteiger partial charge in [0.2, 0.25) is 5.91 Å². The van der Waals surface area contributed by atoms with Gasteiger partial charge in [0, 0.05) is 42.9 Å². The van der Waals surface area contributed by atoms with Gasteiger partial charge in [-0.05, 0) is 56.9 Å². The van der Waals surface area contributed by atoms with E-state index in [1.165, 1.54) is 24.5 Å². The van der Waals surface area contributed by atoms with Crippen LogP contribution in [0.2, 0.25) is 5.02 Å². The van der Waals surface area contributed by atoms with Crippen LogP contribution in [0.5, 0.6) is 5.75 Å². The van der Waals surface area contributed by atoms with E-state index in [-0.39, 0.29) is 43.0 Å². The second kappa shape index (κ2) is 16.7. The first kappa shape index (κ1) is 33.6. The van der Waals surface area contributed by atoms with Crippen LogP contribution in [0.4, 0.5) is 21.6 Å². The zero-order chi connectivity index (χ0) is 32.2. The number of ether oxygens (including phenoxy) is 3. The smallest absolute Gasteiger partial charge is 0.307 e. The fourth-order valence-corrected chi connectivity index (χ4v) is 4.53. The molecule has 0 aliphatic heterocycles. The lowest BCUT2D eigenvalue weighted by Gasteiger charge is -2.19. The van der Waals surface area contributed by atoms with E-state index in [4.69, 9.17) is 25.8 Å². The van der Waals surface area contributed by atoms with Crippen molar-refractivity contribution in [3.63, 3.8) is 0 Å². The predicted octanol–water partition coefficient (Wildman–Crippen LogP) is 5.66. The molecule has 4 rings (SSSR count). The maximum Gasteiger partial charge on any atom is 0.307 e. The van der Waals surface area contributed by atoms with Gasteiger partial charge in [-0.15, -0.1) is 0 Å². The number of hydrogen-bond donors (Lipinski definition) is 2. The van der Waals surface area contributed by atoms with Gasteiger partial charge in [-0.25, -0.2) is 14.4 Å². The lowest BCUT2D eigenvalue weighted by atomic mass is 10.1. The highest BCUT2D eigenvalue weighted by Gasteiger charge is 2.23. The molecule has 2 aromatic carbocycles. The van der Waals surface area contributed by atoms with Crippen molar-refractivity contribution in [2.24, 2.45) is 5.92 Å². The highest BCUT2D eigenvalue weighted by Crippen LogP contribution is 2.36. The molecule has 0 atom stereocenters. The topological polar surface area (TPSA) is 132 Å². The largest absolute Gasteiger partial charge is 0.491 e. The fraction of sp³-hybridized carbons (Fsp3) is 0.406. The van der Waals surface area contributed by atoms with Crippen molar-refractivity contribution < 1.29 is 33.0 Å². The molecule has 0 radical (unpaired) electrons. The Morgan fingerprint density at radius 2 is 1.76 bits per heavy atom. The zero-order valence-electron chi connectivity index (χ0n) is 25.3. The summed E-state index contributed by atoms with van der Waals surface area (Å²) >= 11 is 5.95. The number of nitrogens with one attached hydrogen (secondary N) is 2. The molecule has 13 heteroatoms. The Morgan fingerprint density at radius 3 is 2.40 bits per heavy atom. The first-order valence-corrected chi connectivity index (χ1v) is 15.3. The first-order valence-electron chi connectivity index (χ1n) is 14.9. The summed E-state index contributed by atoms with van der Waals surface area (Å²) in [4.78, 5) is 47.4. The van der Waals surface area contributed by atoms with Gasteiger partial charge >= 0.3 is 11.9 Å². The molecule has 1 saturated carbocycles. The molecule has 240 valence electrons. The van der Waals surface area contributed by atoms with E-state index in [1.54, 1.807) is 38.1 Å². The summed E-state index contributed by atoms with van der Waals surface area (Å²) < 4.78 is 29.8. The zero-order valence-corrected chi connectivity index (χ0v) is 26.1. The molecule has 11 nitrogen and oxygen atoms in total. The molecule has 45 heavy (non-hydrogen) atoms. The van der Waals surface area contributed by atoms with Gasteiger partial charge in [-0.3, -0.25) is 19.3 Å². The molecule has 2 N–H and O–H groups in total. The standard InChI is InChI=1S/C32H37ClFN5O6/c1-3-43-30(41)11-14-39(15-12-31(42)44-4-2)13-5-6-29(40)38-27-17-23-26(18-28(27)45-19-21-7-8-21)35-20-36-32(23)37-22-9-10-25(34)24(33)16-22/h5-6,9-10,16-18,20-21H,3-4,7-8,11-15,19H2,1-2H3,(H,38,40)(H,35,36,37)/b6-5+. The van der Waals surface area contributed by atoms with E-state index < -0.39 is 11.7 Å². The van der Waals surface area contributed by atoms with Crippen LogP contribution >= 0.6 is 11.6 Å². The van der Waals surface area contributed by atoms with E-state index in [0.29, 0.717) is 66.0 Å². The molecule has 1 aromatic heterocycles. The number of esters is 2. The number of fused-ring (bicyclic) bond motifs is 1. The minimum atomic E-state index is -0.536. The Labute approximate surface area is 266 Å². The lowest BCUT2D eigenvalue weighted by molar-refractivity contribution is -0.143. The van der Waals surface area contributed by atoms with Crippen molar-refractivity contribution >= 4 is 57.5 Å². The third kappa shape index (κ3) is 10.7. The molecule has 1 fully saturated rings. The maximum absolute atomic E-state index is 13.7. The van der Waals surface area contributed by atoms with Gasteiger partial charge in [0.1, 0.15) is 23.7 Å². The number of hydrogen-bond acceptors (Lipinski definition) is 10. The summed E-state index contributed by atoms with van der Waals surface area (Å²) in [7, 11) is 0. The molecule has 0 unspecified atom stereocenters. The molecule has 1 aliphatic rings. The Hall–Kier alpha value is -4.29. The Morgan fingerprint density at radius 1 is 1.04 bits per heavy atom. The molecule has 0 saturated heterocycles. The number of benzene rings is 2. The van der Waals surface area contributed by atoms with Crippen LogP contribution in [0.25, 0.3) is 10.9 Å². The molecule has 1 amide bonds. The van der Waals surface area contributed by atoms with E-state index in [1.807, 2.05) is 4.90 Å². The first-order chi connectivity index (χ1) is 21.7. The number of amides is 1. The van der Waals surface area contributed by atoms with E-state index in [0.717, 1.165) is 12.8 Å². The highest BCUT2D eigenvalue weighted by molar-refractivity contribution is 6.31. The summed E-state index contributed by atoms with van der Waals surface area (Å²) in [5.74, 6) is -0.237. The van der Waals surface area contributed by atoms with Crippen LogP contribution in [0.3, 0.4) is 0 Å². The molecular formula is C32H37ClFN5O6. The van der Waals surface area contributed by atoms with Gasteiger partial charge in [0.05, 0.1) is 48.9 Å². The van der Waals surface area contributed by atoms with Crippen molar-refractivity contribution in [3.8, 4) is 5.75 Å². The third-order valence-corrected chi connectivity index (χ3v) is 7.15. The fourth-order valence-electron chi connectivity index (χ4n) is 4.35. The average molecular weight is 642 g/mol.